The highest BCUT2D eigenvalue weighted by atomic mass is 35.5. The summed E-state index contributed by atoms with van der Waals surface area (Å²) in [6, 6.07) is 7.86. The van der Waals surface area contributed by atoms with E-state index in [9.17, 15) is 0 Å². The predicted octanol–water partition coefficient (Wildman–Crippen LogP) is 3.03. The molecule has 3 aromatic rings. The molecule has 86 valence electrons. The zero-order chi connectivity index (χ0) is 11.8. The normalized spacial score (nSPS) is 11.2. The van der Waals surface area contributed by atoms with E-state index in [0.717, 1.165) is 15.9 Å². The second-order valence-corrected chi connectivity index (χ2v) is 4.26. The van der Waals surface area contributed by atoms with Crippen LogP contribution in [0.15, 0.2) is 35.0 Å². The molecule has 5 heteroatoms. The van der Waals surface area contributed by atoms with Crippen LogP contribution in [-0.2, 0) is 6.54 Å². The van der Waals surface area contributed by atoms with Gasteiger partial charge in [-0.15, -0.1) is 0 Å². The van der Waals surface area contributed by atoms with E-state index in [4.69, 9.17) is 16.1 Å². The molecule has 0 aliphatic heterocycles. The van der Waals surface area contributed by atoms with Crippen molar-refractivity contribution in [3.63, 3.8) is 0 Å². The number of halogens is 1. The number of hydrogen-bond acceptors (Lipinski definition) is 3. The number of aryl methyl sites for hydroxylation is 1. The maximum absolute atomic E-state index is 6.19. The Hall–Kier alpha value is -1.81. The van der Waals surface area contributed by atoms with Gasteiger partial charge in [0.1, 0.15) is 0 Å². The summed E-state index contributed by atoms with van der Waals surface area (Å²) in [4.78, 5) is 4.18. The van der Waals surface area contributed by atoms with E-state index in [1.54, 1.807) is 6.92 Å². The monoisotopic (exact) mass is 247 g/mol. The van der Waals surface area contributed by atoms with Crippen LogP contribution in [0.2, 0.25) is 5.02 Å². The lowest BCUT2D eigenvalue weighted by molar-refractivity contribution is 0.386. The minimum absolute atomic E-state index is 0.560. The van der Waals surface area contributed by atoms with Crippen molar-refractivity contribution in [3.8, 4) is 0 Å². The summed E-state index contributed by atoms with van der Waals surface area (Å²) in [6.45, 7) is 2.34. The van der Waals surface area contributed by atoms with Crippen LogP contribution in [0.4, 0.5) is 0 Å². The van der Waals surface area contributed by atoms with E-state index >= 15 is 0 Å². The molecule has 2 aromatic heterocycles. The second-order valence-electron chi connectivity index (χ2n) is 3.85. The van der Waals surface area contributed by atoms with Crippen LogP contribution in [0.3, 0.4) is 0 Å². The number of fused-ring (bicyclic) bond motifs is 1. The molecule has 0 bridgehead atoms. The van der Waals surface area contributed by atoms with Gasteiger partial charge in [-0.2, -0.15) is 4.98 Å². The SMILES string of the molecule is Cc1nc(Cn2ccc3cccc(Cl)c32)no1. The minimum Gasteiger partial charge on any atom is -0.340 e. The van der Waals surface area contributed by atoms with Crippen LogP contribution >= 0.6 is 11.6 Å². The third kappa shape index (κ3) is 1.80. The molecule has 1 aromatic carbocycles. The van der Waals surface area contributed by atoms with E-state index in [0.29, 0.717) is 18.3 Å². The fourth-order valence-electron chi connectivity index (χ4n) is 1.90. The van der Waals surface area contributed by atoms with Crippen molar-refractivity contribution in [1.82, 2.24) is 14.7 Å². The van der Waals surface area contributed by atoms with Gasteiger partial charge in [0.2, 0.25) is 5.89 Å². The fraction of sp³-hybridized carbons (Fsp3) is 0.167. The first kappa shape index (κ1) is 10.4. The van der Waals surface area contributed by atoms with Gasteiger partial charge in [-0.05, 0) is 12.1 Å². The molecular formula is C12H10ClN3O. The predicted molar refractivity (Wildman–Crippen MR) is 65.1 cm³/mol. The average molecular weight is 248 g/mol. The molecule has 0 fully saturated rings. The Morgan fingerprint density at radius 2 is 2.24 bits per heavy atom. The number of rotatable bonds is 2. The summed E-state index contributed by atoms with van der Waals surface area (Å²) in [6.07, 6.45) is 1.97. The highest BCUT2D eigenvalue weighted by Crippen LogP contribution is 2.24. The van der Waals surface area contributed by atoms with Crippen molar-refractivity contribution in [2.24, 2.45) is 0 Å². The summed E-state index contributed by atoms with van der Waals surface area (Å²) in [5, 5.41) is 5.72. The number of para-hydroxylation sites is 1. The van der Waals surface area contributed by atoms with Crippen molar-refractivity contribution in [2.75, 3.05) is 0 Å². The molecule has 3 rings (SSSR count). The van der Waals surface area contributed by atoms with Gasteiger partial charge < -0.3 is 9.09 Å². The minimum atomic E-state index is 0.560. The Bertz CT molecular complexity index is 671. The lowest BCUT2D eigenvalue weighted by Gasteiger charge is -2.03. The van der Waals surface area contributed by atoms with Gasteiger partial charge in [0.05, 0.1) is 17.1 Å². The first-order valence-electron chi connectivity index (χ1n) is 5.26. The standard InChI is InChI=1S/C12H10ClN3O/c1-8-14-11(15-17-8)7-16-6-5-9-3-2-4-10(13)12(9)16/h2-6H,7H2,1H3. The van der Waals surface area contributed by atoms with Crippen molar-refractivity contribution in [1.29, 1.82) is 0 Å². The summed E-state index contributed by atoms with van der Waals surface area (Å²) >= 11 is 6.19. The fourth-order valence-corrected chi connectivity index (χ4v) is 2.19. The van der Waals surface area contributed by atoms with Crippen LogP contribution in [0.25, 0.3) is 10.9 Å². The zero-order valence-corrected chi connectivity index (χ0v) is 9.98. The third-order valence-corrected chi connectivity index (χ3v) is 2.93. The summed E-state index contributed by atoms with van der Waals surface area (Å²) in [5.74, 6) is 1.22. The maximum Gasteiger partial charge on any atom is 0.223 e. The lowest BCUT2D eigenvalue weighted by Crippen LogP contribution is -2.00. The molecule has 0 N–H and O–H groups in total. The highest BCUT2D eigenvalue weighted by molar-refractivity contribution is 6.35. The number of aromatic nitrogens is 3. The Morgan fingerprint density at radius 1 is 1.35 bits per heavy atom. The van der Waals surface area contributed by atoms with Gasteiger partial charge in [0, 0.05) is 18.5 Å². The molecule has 17 heavy (non-hydrogen) atoms. The van der Waals surface area contributed by atoms with Crippen molar-refractivity contribution in [3.05, 3.63) is 47.2 Å². The van der Waals surface area contributed by atoms with Crippen molar-refractivity contribution in [2.45, 2.75) is 13.5 Å². The number of nitrogens with zero attached hydrogens (tertiary/aromatic N) is 3. The van der Waals surface area contributed by atoms with E-state index in [1.165, 1.54) is 0 Å². The van der Waals surface area contributed by atoms with Crippen LogP contribution in [0.5, 0.6) is 0 Å². The zero-order valence-electron chi connectivity index (χ0n) is 9.22. The Kier molecular flexibility index (Phi) is 2.37. The number of benzene rings is 1. The van der Waals surface area contributed by atoms with Gasteiger partial charge >= 0.3 is 0 Å². The van der Waals surface area contributed by atoms with E-state index < -0.39 is 0 Å². The smallest absolute Gasteiger partial charge is 0.223 e. The largest absolute Gasteiger partial charge is 0.340 e. The van der Waals surface area contributed by atoms with Crippen LogP contribution in [-0.4, -0.2) is 14.7 Å². The third-order valence-electron chi connectivity index (χ3n) is 2.62. The van der Waals surface area contributed by atoms with Gasteiger partial charge in [-0.25, -0.2) is 0 Å². The molecule has 0 aliphatic carbocycles. The molecule has 2 heterocycles. The van der Waals surface area contributed by atoms with E-state index in [2.05, 4.69) is 10.1 Å². The van der Waals surface area contributed by atoms with Crippen LogP contribution < -0.4 is 0 Å². The summed E-state index contributed by atoms with van der Waals surface area (Å²) in [5.41, 5.74) is 0.997. The van der Waals surface area contributed by atoms with Gasteiger partial charge in [-0.1, -0.05) is 28.9 Å². The molecule has 0 saturated carbocycles. The highest BCUT2D eigenvalue weighted by Gasteiger charge is 2.08. The first-order valence-corrected chi connectivity index (χ1v) is 5.64. The lowest BCUT2D eigenvalue weighted by atomic mass is 10.2. The number of hydrogen-bond donors (Lipinski definition) is 0. The van der Waals surface area contributed by atoms with Crippen molar-refractivity contribution < 1.29 is 4.52 Å². The molecule has 0 radical (unpaired) electrons. The van der Waals surface area contributed by atoms with Crippen LogP contribution in [0.1, 0.15) is 11.7 Å². The molecule has 0 aliphatic rings. The molecule has 4 nitrogen and oxygen atoms in total. The first-order chi connectivity index (χ1) is 8.24. The molecule has 0 amide bonds. The molecule has 0 atom stereocenters. The molecule has 0 unspecified atom stereocenters. The Balaban J connectivity index is 2.06. The summed E-state index contributed by atoms with van der Waals surface area (Å²) < 4.78 is 6.96. The Morgan fingerprint density at radius 3 is 3.00 bits per heavy atom. The molecular weight excluding hydrogens is 238 g/mol. The topological polar surface area (TPSA) is 43.9 Å². The van der Waals surface area contributed by atoms with Gasteiger partial charge in [0.25, 0.3) is 0 Å². The molecule has 0 saturated heterocycles. The van der Waals surface area contributed by atoms with Gasteiger partial charge in [0.15, 0.2) is 5.82 Å². The van der Waals surface area contributed by atoms with Crippen LogP contribution in [0, 0.1) is 6.92 Å². The van der Waals surface area contributed by atoms with E-state index in [-0.39, 0.29) is 0 Å². The quantitative estimate of drug-likeness (QED) is 0.699. The average Bonchev–Trinajstić information content (AvgIpc) is 2.88. The molecule has 0 spiro atoms. The Labute approximate surface area is 103 Å². The van der Waals surface area contributed by atoms with E-state index in [1.807, 2.05) is 35.0 Å². The van der Waals surface area contributed by atoms with Gasteiger partial charge in [-0.3, -0.25) is 0 Å². The maximum atomic E-state index is 6.19. The second kappa shape index (κ2) is 3.89. The summed E-state index contributed by atoms with van der Waals surface area (Å²) in [7, 11) is 0. The van der Waals surface area contributed by atoms with Crippen molar-refractivity contribution >= 4 is 22.5 Å².